The highest BCUT2D eigenvalue weighted by molar-refractivity contribution is 5.80. The van der Waals surface area contributed by atoms with Gasteiger partial charge in [-0.05, 0) is 36.6 Å². The zero-order valence-electron chi connectivity index (χ0n) is 21.5. The lowest BCUT2D eigenvalue weighted by Crippen LogP contribution is -2.67. The quantitative estimate of drug-likeness (QED) is 0.533. The second kappa shape index (κ2) is 9.13. The van der Waals surface area contributed by atoms with Crippen LogP contribution in [0.2, 0.25) is 0 Å². The Balaban J connectivity index is 1.00. The number of carbonyl (C=O) groups excluding carboxylic acids is 1. The standard InChI is InChI=1S/C28H31N7O3/c1-18-23(12-30-26-25(18)29-7-9-38-26)34-8-6-20-11-31-27(33-22(20)13-34)32-21-4-2-19(3-5-21)10-24(36)35-14-28(15-35)16-37-17-28/h2-5,11-12,29H,6-10,13-17H2,1H3,(H,31,32,33). The lowest BCUT2D eigenvalue weighted by molar-refractivity contribution is -0.194. The Hall–Kier alpha value is -3.92. The molecular formula is C28H31N7O3. The monoisotopic (exact) mass is 513 g/mol. The van der Waals surface area contributed by atoms with E-state index in [9.17, 15) is 4.79 Å². The molecule has 0 atom stereocenters. The van der Waals surface area contributed by atoms with E-state index in [0.29, 0.717) is 31.4 Å². The van der Waals surface area contributed by atoms with Gasteiger partial charge in [0, 0.05) is 43.6 Å². The molecule has 1 aromatic carbocycles. The highest BCUT2D eigenvalue weighted by Gasteiger charge is 2.50. The van der Waals surface area contributed by atoms with E-state index in [1.165, 1.54) is 5.56 Å². The molecule has 0 radical (unpaired) electrons. The number of rotatable bonds is 5. The molecule has 38 heavy (non-hydrogen) atoms. The molecule has 0 unspecified atom stereocenters. The fourth-order valence-corrected chi connectivity index (χ4v) is 5.73. The smallest absolute Gasteiger partial charge is 0.237 e. The summed E-state index contributed by atoms with van der Waals surface area (Å²) < 4.78 is 11.0. The lowest BCUT2D eigenvalue weighted by Gasteiger charge is -2.55. The van der Waals surface area contributed by atoms with Gasteiger partial charge in [-0.3, -0.25) is 4.79 Å². The number of pyridine rings is 1. The molecule has 1 spiro atoms. The summed E-state index contributed by atoms with van der Waals surface area (Å²) in [6, 6.07) is 7.94. The van der Waals surface area contributed by atoms with Gasteiger partial charge >= 0.3 is 0 Å². The van der Waals surface area contributed by atoms with Crippen molar-refractivity contribution in [1.82, 2.24) is 19.9 Å². The van der Waals surface area contributed by atoms with Crippen LogP contribution in [0.1, 0.15) is 22.4 Å². The molecule has 4 aliphatic heterocycles. The molecule has 2 N–H and O–H groups in total. The minimum Gasteiger partial charge on any atom is -0.474 e. The average molecular weight is 514 g/mol. The zero-order valence-corrected chi connectivity index (χ0v) is 21.5. The van der Waals surface area contributed by atoms with Crippen LogP contribution < -0.4 is 20.3 Å². The van der Waals surface area contributed by atoms with Crippen molar-refractivity contribution in [3.63, 3.8) is 0 Å². The lowest BCUT2D eigenvalue weighted by atomic mass is 9.78. The molecule has 0 aliphatic carbocycles. The van der Waals surface area contributed by atoms with Crippen molar-refractivity contribution < 1.29 is 14.3 Å². The van der Waals surface area contributed by atoms with Gasteiger partial charge in [0.2, 0.25) is 17.7 Å². The minimum atomic E-state index is 0.179. The summed E-state index contributed by atoms with van der Waals surface area (Å²) in [5.41, 5.74) is 7.56. The number of carbonyl (C=O) groups is 1. The van der Waals surface area contributed by atoms with Crippen molar-refractivity contribution in [2.45, 2.75) is 26.3 Å². The number of anilines is 4. The maximum atomic E-state index is 12.6. The third-order valence-corrected chi connectivity index (χ3v) is 7.99. The van der Waals surface area contributed by atoms with Crippen LogP contribution in [-0.2, 0) is 28.9 Å². The number of aromatic nitrogens is 3. The van der Waals surface area contributed by atoms with E-state index in [1.54, 1.807) is 0 Å². The summed E-state index contributed by atoms with van der Waals surface area (Å²) >= 11 is 0. The van der Waals surface area contributed by atoms with Crippen molar-refractivity contribution in [2.75, 3.05) is 61.5 Å². The van der Waals surface area contributed by atoms with Crippen molar-refractivity contribution in [3.05, 3.63) is 59.0 Å². The SMILES string of the molecule is Cc1c(N2CCc3cnc(Nc4ccc(CC(=O)N5CC6(COC6)C5)cc4)nc3C2)cnc2c1NCCO2. The van der Waals surface area contributed by atoms with Crippen LogP contribution in [0, 0.1) is 12.3 Å². The van der Waals surface area contributed by atoms with Crippen LogP contribution in [0.15, 0.2) is 36.7 Å². The van der Waals surface area contributed by atoms with Crippen molar-refractivity contribution in [2.24, 2.45) is 5.41 Å². The molecular weight excluding hydrogens is 482 g/mol. The van der Waals surface area contributed by atoms with Gasteiger partial charge in [-0.25, -0.2) is 15.0 Å². The summed E-state index contributed by atoms with van der Waals surface area (Å²) in [7, 11) is 0. The van der Waals surface area contributed by atoms with Crippen molar-refractivity contribution >= 4 is 28.9 Å². The van der Waals surface area contributed by atoms with Crippen LogP contribution >= 0.6 is 0 Å². The van der Waals surface area contributed by atoms with E-state index in [4.69, 9.17) is 14.5 Å². The Labute approximate surface area is 221 Å². The molecule has 10 heteroatoms. The van der Waals surface area contributed by atoms with E-state index in [0.717, 1.165) is 79.7 Å². The molecule has 0 saturated carbocycles. The average Bonchev–Trinajstić information content (AvgIpc) is 2.88. The van der Waals surface area contributed by atoms with Gasteiger partial charge < -0.3 is 29.9 Å². The second-order valence-electron chi connectivity index (χ2n) is 10.8. The highest BCUT2D eigenvalue weighted by atomic mass is 16.5. The predicted octanol–water partition coefficient (Wildman–Crippen LogP) is 2.69. The first-order valence-electron chi connectivity index (χ1n) is 13.2. The van der Waals surface area contributed by atoms with E-state index in [-0.39, 0.29) is 11.3 Å². The summed E-state index contributed by atoms with van der Waals surface area (Å²) in [4.78, 5) is 30.8. The van der Waals surface area contributed by atoms with Gasteiger partial charge in [0.25, 0.3) is 0 Å². The first-order valence-corrected chi connectivity index (χ1v) is 13.2. The molecule has 10 nitrogen and oxygen atoms in total. The van der Waals surface area contributed by atoms with Gasteiger partial charge in [0.1, 0.15) is 12.3 Å². The minimum absolute atomic E-state index is 0.179. The number of amides is 1. The number of benzene rings is 1. The first kappa shape index (κ1) is 23.2. The predicted molar refractivity (Wildman–Crippen MR) is 143 cm³/mol. The van der Waals surface area contributed by atoms with Crippen molar-refractivity contribution in [3.8, 4) is 5.88 Å². The Bertz CT molecular complexity index is 1380. The van der Waals surface area contributed by atoms with E-state index < -0.39 is 0 Å². The molecule has 2 fully saturated rings. The Morgan fingerprint density at radius 3 is 2.79 bits per heavy atom. The number of likely N-dealkylation sites (tertiary alicyclic amines) is 1. The molecule has 1 amide bonds. The number of nitrogens with one attached hydrogen (secondary N) is 2. The molecule has 6 heterocycles. The number of ether oxygens (including phenoxy) is 2. The molecule has 4 aliphatic rings. The Kier molecular flexibility index (Phi) is 5.57. The first-order chi connectivity index (χ1) is 18.6. The normalized spacial score (nSPS) is 18.9. The number of fused-ring (bicyclic) bond motifs is 2. The largest absolute Gasteiger partial charge is 0.474 e. The van der Waals surface area contributed by atoms with Gasteiger partial charge in [-0.15, -0.1) is 0 Å². The summed E-state index contributed by atoms with van der Waals surface area (Å²) in [5, 5.41) is 6.75. The molecule has 0 bridgehead atoms. The van der Waals surface area contributed by atoms with E-state index in [2.05, 4.69) is 32.4 Å². The molecule has 7 rings (SSSR count). The molecule has 2 saturated heterocycles. The van der Waals surface area contributed by atoms with Crippen LogP contribution in [0.4, 0.5) is 23.0 Å². The summed E-state index contributed by atoms with van der Waals surface area (Å²) in [6.07, 6.45) is 5.13. The van der Waals surface area contributed by atoms with E-state index >= 15 is 0 Å². The number of nitrogens with zero attached hydrogens (tertiary/aromatic N) is 5. The fraction of sp³-hybridized carbons (Fsp3) is 0.429. The molecule has 196 valence electrons. The Morgan fingerprint density at radius 1 is 1.16 bits per heavy atom. The third kappa shape index (κ3) is 4.18. The second-order valence-corrected chi connectivity index (χ2v) is 10.8. The fourth-order valence-electron chi connectivity index (χ4n) is 5.73. The highest BCUT2D eigenvalue weighted by Crippen LogP contribution is 2.38. The van der Waals surface area contributed by atoms with Gasteiger partial charge in [-0.2, -0.15) is 0 Å². The number of hydrogen-bond donors (Lipinski definition) is 2. The summed E-state index contributed by atoms with van der Waals surface area (Å²) in [5.74, 6) is 1.42. The molecule has 3 aromatic rings. The maximum Gasteiger partial charge on any atom is 0.237 e. The van der Waals surface area contributed by atoms with E-state index in [1.807, 2.05) is 41.6 Å². The third-order valence-electron chi connectivity index (χ3n) is 7.99. The van der Waals surface area contributed by atoms with Crippen LogP contribution in [0.3, 0.4) is 0 Å². The van der Waals surface area contributed by atoms with Gasteiger partial charge in [0.05, 0.1) is 49.2 Å². The number of hydrogen-bond acceptors (Lipinski definition) is 9. The molecule has 2 aromatic heterocycles. The van der Waals surface area contributed by atoms with Crippen LogP contribution in [0.5, 0.6) is 5.88 Å². The Morgan fingerprint density at radius 2 is 2.00 bits per heavy atom. The van der Waals surface area contributed by atoms with Gasteiger partial charge in [0.15, 0.2) is 0 Å². The zero-order chi connectivity index (χ0) is 25.7. The maximum absolute atomic E-state index is 12.6. The topological polar surface area (TPSA) is 105 Å². The van der Waals surface area contributed by atoms with Crippen molar-refractivity contribution in [1.29, 1.82) is 0 Å². The van der Waals surface area contributed by atoms with Crippen LogP contribution in [-0.4, -0.2) is 71.8 Å². The summed E-state index contributed by atoms with van der Waals surface area (Å²) in [6.45, 7) is 8.35. The van der Waals surface area contributed by atoms with Gasteiger partial charge in [-0.1, -0.05) is 12.1 Å². The van der Waals surface area contributed by atoms with Crippen LogP contribution in [0.25, 0.3) is 0 Å².